The summed E-state index contributed by atoms with van der Waals surface area (Å²) in [5.74, 6) is 0.920. The van der Waals surface area contributed by atoms with Gasteiger partial charge in [-0.25, -0.2) is 0 Å². The quantitative estimate of drug-likeness (QED) is 0.831. The van der Waals surface area contributed by atoms with Gasteiger partial charge in [0.1, 0.15) is 0 Å². The largest absolute Gasteiger partial charge is 0.493 e. The average Bonchev–Trinajstić information content (AvgIpc) is 2.89. The minimum Gasteiger partial charge on any atom is -0.493 e. The first kappa shape index (κ1) is 14.2. The third-order valence-corrected chi connectivity index (χ3v) is 3.24. The highest BCUT2D eigenvalue weighted by atomic mass is 16.5. The molecule has 1 atom stereocenters. The van der Waals surface area contributed by atoms with Gasteiger partial charge in [-0.15, -0.1) is 0 Å². The molecule has 0 radical (unpaired) electrons. The van der Waals surface area contributed by atoms with Crippen molar-refractivity contribution in [1.29, 1.82) is 0 Å². The van der Waals surface area contributed by atoms with Crippen molar-refractivity contribution in [3.8, 4) is 11.5 Å². The van der Waals surface area contributed by atoms with Crippen molar-refractivity contribution in [3.63, 3.8) is 0 Å². The Morgan fingerprint density at radius 1 is 1.35 bits per heavy atom. The number of rotatable bonds is 5. The van der Waals surface area contributed by atoms with Crippen LogP contribution in [-0.4, -0.2) is 38.6 Å². The Bertz CT molecular complexity index is 516. The van der Waals surface area contributed by atoms with Crippen LogP contribution < -0.4 is 20.1 Å². The predicted octanol–water partition coefficient (Wildman–Crippen LogP) is 0.712. The summed E-state index contributed by atoms with van der Waals surface area (Å²) in [5, 5.41) is 5.60. The van der Waals surface area contributed by atoms with Gasteiger partial charge in [-0.2, -0.15) is 0 Å². The van der Waals surface area contributed by atoms with Crippen LogP contribution in [0.15, 0.2) is 18.2 Å². The first-order chi connectivity index (χ1) is 9.63. The summed E-state index contributed by atoms with van der Waals surface area (Å²) in [6.07, 6.45) is 1.28. The van der Waals surface area contributed by atoms with E-state index in [1.807, 2.05) is 0 Å². The summed E-state index contributed by atoms with van der Waals surface area (Å²) >= 11 is 0. The van der Waals surface area contributed by atoms with Gasteiger partial charge in [-0.3, -0.25) is 9.59 Å². The summed E-state index contributed by atoms with van der Waals surface area (Å²) in [5.41, 5.74) is 0.493. The SMILES string of the molecule is COc1ccc(C(=O)NCC2CCC(=O)N2)cc1OC. The van der Waals surface area contributed by atoms with Gasteiger partial charge in [0.2, 0.25) is 5.91 Å². The van der Waals surface area contributed by atoms with Crippen LogP contribution in [0.2, 0.25) is 0 Å². The molecule has 1 unspecified atom stereocenters. The standard InChI is InChI=1S/C14H18N2O4/c1-19-11-5-3-9(7-12(11)20-2)14(18)15-8-10-4-6-13(17)16-10/h3,5,7,10H,4,6,8H2,1-2H3,(H,15,18)(H,16,17). The van der Waals surface area contributed by atoms with Crippen LogP contribution in [0.1, 0.15) is 23.2 Å². The zero-order chi connectivity index (χ0) is 14.5. The lowest BCUT2D eigenvalue weighted by atomic mass is 10.1. The Balaban J connectivity index is 1.96. The molecular weight excluding hydrogens is 260 g/mol. The van der Waals surface area contributed by atoms with Crippen LogP contribution in [0.3, 0.4) is 0 Å². The van der Waals surface area contributed by atoms with E-state index in [0.717, 1.165) is 6.42 Å². The first-order valence-corrected chi connectivity index (χ1v) is 6.43. The third-order valence-electron chi connectivity index (χ3n) is 3.24. The van der Waals surface area contributed by atoms with Crippen molar-refractivity contribution in [2.45, 2.75) is 18.9 Å². The average molecular weight is 278 g/mol. The predicted molar refractivity (Wildman–Crippen MR) is 73.0 cm³/mol. The zero-order valence-corrected chi connectivity index (χ0v) is 11.6. The summed E-state index contributed by atoms with van der Waals surface area (Å²) < 4.78 is 10.3. The van der Waals surface area contributed by atoms with E-state index in [4.69, 9.17) is 9.47 Å². The molecule has 0 aromatic heterocycles. The molecule has 1 aliphatic heterocycles. The van der Waals surface area contributed by atoms with Crippen LogP contribution in [0.4, 0.5) is 0 Å². The highest BCUT2D eigenvalue weighted by Crippen LogP contribution is 2.27. The molecule has 6 heteroatoms. The minimum atomic E-state index is -0.202. The molecule has 108 valence electrons. The van der Waals surface area contributed by atoms with E-state index in [0.29, 0.717) is 30.0 Å². The van der Waals surface area contributed by atoms with E-state index in [9.17, 15) is 9.59 Å². The Hall–Kier alpha value is -2.24. The maximum atomic E-state index is 12.0. The zero-order valence-electron chi connectivity index (χ0n) is 11.6. The van der Waals surface area contributed by atoms with Gasteiger partial charge in [0.15, 0.2) is 11.5 Å². The van der Waals surface area contributed by atoms with Crippen molar-refractivity contribution in [2.24, 2.45) is 0 Å². The molecular formula is C14H18N2O4. The summed E-state index contributed by atoms with van der Waals surface area (Å²) in [7, 11) is 3.06. The van der Waals surface area contributed by atoms with Crippen LogP contribution in [0.5, 0.6) is 11.5 Å². The monoisotopic (exact) mass is 278 g/mol. The normalized spacial score (nSPS) is 17.5. The molecule has 2 amide bonds. The number of hydrogen-bond acceptors (Lipinski definition) is 4. The van der Waals surface area contributed by atoms with E-state index in [-0.39, 0.29) is 17.9 Å². The number of benzene rings is 1. The lowest BCUT2D eigenvalue weighted by Gasteiger charge is -2.12. The Labute approximate surface area is 117 Å². The maximum absolute atomic E-state index is 12.0. The fourth-order valence-corrected chi connectivity index (χ4v) is 2.13. The van der Waals surface area contributed by atoms with Gasteiger partial charge in [0, 0.05) is 24.6 Å². The van der Waals surface area contributed by atoms with E-state index < -0.39 is 0 Å². The maximum Gasteiger partial charge on any atom is 0.251 e. The van der Waals surface area contributed by atoms with Crippen molar-refractivity contribution >= 4 is 11.8 Å². The van der Waals surface area contributed by atoms with Gasteiger partial charge in [-0.1, -0.05) is 0 Å². The van der Waals surface area contributed by atoms with Crippen molar-refractivity contribution < 1.29 is 19.1 Å². The van der Waals surface area contributed by atoms with Crippen molar-refractivity contribution in [2.75, 3.05) is 20.8 Å². The number of methoxy groups -OCH3 is 2. The highest BCUT2D eigenvalue weighted by Gasteiger charge is 2.21. The number of nitrogens with one attached hydrogen (secondary N) is 2. The second-order valence-electron chi connectivity index (χ2n) is 4.58. The number of carbonyl (C=O) groups excluding carboxylic acids is 2. The molecule has 0 saturated carbocycles. The summed E-state index contributed by atoms with van der Waals surface area (Å²) in [6, 6.07) is 5.00. The van der Waals surface area contributed by atoms with Gasteiger partial charge in [-0.05, 0) is 24.6 Å². The second-order valence-corrected chi connectivity index (χ2v) is 4.58. The fourth-order valence-electron chi connectivity index (χ4n) is 2.13. The minimum absolute atomic E-state index is 0.0200. The Morgan fingerprint density at radius 2 is 2.10 bits per heavy atom. The van der Waals surface area contributed by atoms with Crippen LogP contribution in [0.25, 0.3) is 0 Å². The molecule has 20 heavy (non-hydrogen) atoms. The third kappa shape index (κ3) is 3.20. The highest BCUT2D eigenvalue weighted by molar-refractivity contribution is 5.95. The van der Waals surface area contributed by atoms with Gasteiger partial charge < -0.3 is 20.1 Å². The van der Waals surface area contributed by atoms with Gasteiger partial charge >= 0.3 is 0 Å². The summed E-state index contributed by atoms with van der Waals surface area (Å²) in [6.45, 7) is 0.429. The van der Waals surface area contributed by atoms with Crippen molar-refractivity contribution in [1.82, 2.24) is 10.6 Å². The number of amides is 2. The first-order valence-electron chi connectivity index (χ1n) is 6.43. The Morgan fingerprint density at radius 3 is 2.70 bits per heavy atom. The lowest BCUT2D eigenvalue weighted by Crippen LogP contribution is -2.38. The number of ether oxygens (including phenoxy) is 2. The molecule has 2 N–H and O–H groups in total. The Kier molecular flexibility index (Phi) is 4.45. The molecule has 6 nitrogen and oxygen atoms in total. The lowest BCUT2D eigenvalue weighted by molar-refractivity contribution is -0.119. The van der Waals surface area contributed by atoms with Crippen LogP contribution >= 0.6 is 0 Å². The molecule has 2 rings (SSSR count). The molecule has 0 spiro atoms. The molecule has 1 saturated heterocycles. The van der Waals surface area contributed by atoms with Crippen LogP contribution in [0, 0.1) is 0 Å². The topological polar surface area (TPSA) is 76.7 Å². The molecule has 0 bridgehead atoms. The molecule has 1 fully saturated rings. The van der Waals surface area contributed by atoms with E-state index in [2.05, 4.69) is 10.6 Å². The molecule has 1 aliphatic rings. The van der Waals surface area contributed by atoms with E-state index in [1.165, 1.54) is 7.11 Å². The van der Waals surface area contributed by atoms with Gasteiger partial charge in [0.25, 0.3) is 5.91 Å². The van der Waals surface area contributed by atoms with Crippen molar-refractivity contribution in [3.05, 3.63) is 23.8 Å². The second kappa shape index (κ2) is 6.27. The smallest absolute Gasteiger partial charge is 0.251 e. The van der Waals surface area contributed by atoms with E-state index >= 15 is 0 Å². The fraction of sp³-hybridized carbons (Fsp3) is 0.429. The number of carbonyl (C=O) groups is 2. The van der Waals surface area contributed by atoms with Gasteiger partial charge in [0.05, 0.1) is 14.2 Å². The van der Waals surface area contributed by atoms with Crippen LogP contribution in [-0.2, 0) is 4.79 Å². The molecule has 1 heterocycles. The summed E-state index contributed by atoms with van der Waals surface area (Å²) in [4.78, 5) is 23.1. The molecule has 1 aromatic carbocycles. The molecule has 0 aliphatic carbocycles. The number of hydrogen-bond donors (Lipinski definition) is 2. The molecule has 1 aromatic rings. The van der Waals surface area contributed by atoms with E-state index in [1.54, 1.807) is 25.3 Å².